The van der Waals surface area contributed by atoms with Crippen LogP contribution in [0.4, 0.5) is 26.3 Å². The molecule has 0 saturated carbocycles. The van der Waals surface area contributed by atoms with Gasteiger partial charge in [-0.1, -0.05) is 0 Å². The van der Waals surface area contributed by atoms with Crippen LogP contribution in [0, 0.1) is 0 Å². The maximum Gasteiger partial charge on any atom is 0.416 e. The van der Waals surface area contributed by atoms with Crippen LogP contribution >= 0.6 is 0 Å². The zero-order valence-electron chi connectivity index (χ0n) is 11.4. The zero-order chi connectivity index (χ0) is 17.4. The second-order valence-electron chi connectivity index (χ2n) is 5.07. The largest absolute Gasteiger partial charge is 0.416 e. The second-order valence-corrected chi connectivity index (χ2v) is 5.07. The van der Waals surface area contributed by atoms with E-state index in [0.717, 1.165) is 12.2 Å². The Labute approximate surface area is 126 Å². The predicted octanol–water partition coefficient (Wildman–Crippen LogP) is 2.94. The lowest BCUT2D eigenvalue weighted by atomic mass is 10.0. The Bertz CT molecular complexity index is 597. The molecule has 0 aliphatic carbocycles. The molecule has 0 bridgehead atoms. The van der Waals surface area contributed by atoms with Gasteiger partial charge in [-0.3, -0.25) is 4.79 Å². The van der Waals surface area contributed by atoms with E-state index in [4.69, 9.17) is 5.11 Å². The van der Waals surface area contributed by atoms with Gasteiger partial charge in [0, 0.05) is 19.2 Å². The summed E-state index contributed by atoms with van der Waals surface area (Å²) in [6, 6.07) is 1.08. The van der Waals surface area contributed by atoms with E-state index in [-0.39, 0.29) is 24.7 Å². The number of nitrogens with zero attached hydrogens (tertiary/aromatic N) is 1. The van der Waals surface area contributed by atoms with Crippen LogP contribution in [0.2, 0.25) is 0 Å². The first-order valence-electron chi connectivity index (χ1n) is 6.41. The molecule has 1 saturated heterocycles. The highest BCUT2D eigenvalue weighted by atomic mass is 19.4. The number of carbonyl (C=O) groups excluding carboxylic acids is 1. The van der Waals surface area contributed by atoms with Crippen molar-refractivity contribution < 1.29 is 36.2 Å². The van der Waals surface area contributed by atoms with Crippen LogP contribution < -0.4 is 0 Å². The standard InChI is InChI=1S/C14H11F6NO2/c15-13(16,17)9-3-8(4-10(5-9)14(18,19)20)1-2-12(23)21-6-11(22)7-21/h1-5,11,22H,6-7H2/b2-1+. The number of amides is 1. The van der Waals surface area contributed by atoms with Crippen molar-refractivity contribution in [1.29, 1.82) is 0 Å². The van der Waals surface area contributed by atoms with Crippen LogP contribution in [-0.2, 0) is 17.1 Å². The van der Waals surface area contributed by atoms with E-state index in [1.54, 1.807) is 0 Å². The average Bonchev–Trinajstić information content (AvgIpc) is 2.39. The summed E-state index contributed by atoms with van der Waals surface area (Å²) < 4.78 is 76.1. The Morgan fingerprint density at radius 3 is 1.91 bits per heavy atom. The van der Waals surface area contributed by atoms with Gasteiger partial charge in [-0.05, 0) is 29.8 Å². The Morgan fingerprint density at radius 2 is 1.52 bits per heavy atom. The third-order valence-electron chi connectivity index (χ3n) is 3.20. The van der Waals surface area contributed by atoms with E-state index in [1.807, 2.05) is 0 Å². The summed E-state index contributed by atoms with van der Waals surface area (Å²) in [6.45, 7) is 0.166. The van der Waals surface area contributed by atoms with E-state index >= 15 is 0 Å². The number of carbonyl (C=O) groups is 1. The molecule has 1 heterocycles. The first-order chi connectivity index (χ1) is 10.5. The minimum absolute atomic E-state index is 0.0188. The van der Waals surface area contributed by atoms with Gasteiger partial charge in [-0.15, -0.1) is 0 Å². The lowest BCUT2D eigenvalue weighted by molar-refractivity contribution is -0.143. The number of β-amino-alcohol motifs (C(OH)–C–C–N with tert-alkyl or cyclic N) is 1. The Balaban J connectivity index is 2.28. The normalized spacial score (nSPS) is 16.7. The molecule has 126 valence electrons. The predicted molar refractivity (Wildman–Crippen MR) is 68.1 cm³/mol. The monoisotopic (exact) mass is 339 g/mol. The summed E-state index contributed by atoms with van der Waals surface area (Å²) in [5.74, 6) is -0.596. The quantitative estimate of drug-likeness (QED) is 0.665. The molecule has 1 amide bonds. The third kappa shape index (κ3) is 4.25. The number of hydrogen-bond acceptors (Lipinski definition) is 2. The minimum Gasteiger partial charge on any atom is -0.389 e. The molecule has 0 radical (unpaired) electrons. The van der Waals surface area contributed by atoms with E-state index in [0.29, 0.717) is 12.1 Å². The first-order valence-corrected chi connectivity index (χ1v) is 6.41. The highest BCUT2D eigenvalue weighted by molar-refractivity contribution is 5.92. The fourth-order valence-corrected chi connectivity index (χ4v) is 1.98. The SMILES string of the molecule is O=C(/C=C/c1cc(C(F)(F)F)cc(C(F)(F)F)c1)N1CC(O)C1. The van der Waals surface area contributed by atoms with Crippen molar-refractivity contribution >= 4 is 12.0 Å². The van der Waals surface area contributed by atoms with Crippen LogP contribution in [0.25, 0.3) is 6.08 Å². The number of hydrogen-bond donors (Lipinski definition) is 1. The van der Waals surface area contributed by atoms with Crippen LogP contribution in [-0.4, -0.2) is 35.1 Å². The molecule has 1 aliphatic heterocycles. The molecule has 23 heavy (non-hydrogen) atoms. The van der Waals surface area contributed by atoms with Crippen molar-refractivity contribution in [2.24, 2.45) is 0 Å². The number of likely N-dealkylation sites (tertiary alicyclic amines) is 1. The van der Waals surface area contributed by atoms with Crippen molar-refractivity contribution in [2.75, 3.05) is 13.1 Å². The fraction of sp³-hybridized carbons (Fsp3) is 0.357. The van der Waals surface area contributed by atoms with E-state index < -0.39 is 35.5 Å². The summed E-state index contributed by atoms with van der Waals surface area (Å²) >= 11 is 0. The zero-order valence-corrected chi connectivity index (χ0v) is 11.4. The molecule has 1 aromatic carbocycles. The maximum absolute atomic E-state index is 12.7. The Morgan fingerprint density at radius 1 is 1.04 bits per heavy atom. The number of alkyl halides is 6. The number of aliphatic hydroxyl groups is 1. The Hall–Kier alpha value is -2.03. The highest BCUT2D eigenvalue weighted by Crippen LogP contribution is 2.36. The maximum atomic E-state index is 12.7. The van der Waals surface area contributed by atoms with Crippen molar-refractivity contribution in [1.82, 2.24) is 4.90 Å². The average molecular weight is 339 g/mol. The smallest absolute Gasteiger partial charge is 0.389 e. The number of aliphatic hydroxyl groups excluding tert-OH is 1. The molecule has 0 spiro atoms. The molecule has 1 fully saturated rings. The van der Waals surface area contributed by atoms with Crippen LogP contribution in [0.1, 0.15) is 16.7 Å². The van der Waals surface area contributed by atoms with Gasteiger partial charge in [0.25, 0.3) is 0 Å². The lowest BCUT2D eigenvalue weighted by Crippen LogP contribution is -2.52. The van der Waals surface area contributed by atoms with E-state index in [1.165, 1.54) is 4.90 Å². The van der Waals surface area contributed by atoms with Gasteiger partial charge in [0.2, 0.25) is 5.91 Å². The van der Waals surface area contributed by atoms with Crippen molar-refractivity contribution in [3.63, 3.8) is 0 Å². The van der Waals surface area contributed by atoms with Gasteiger partial charge in [0.1, 0.15) is 0 Å². The molecular formula is C14H11F6NO2. The Kier molecular flexibility index (Phi) is 4.43. The van der Waals surface area contributed by atoms with Gasteiger partial charge >= 0.3 is 12.4 Å². The molecule has 0 unspecified atom stereocenters. The van der Waals surface area contributed by atoms with E-state index in [2.05, 4.69) is 0 Å². The molecule has 1 aliphatic rings. The first kappa shape index (κ1) is 17.3. The summed E-state index contributed by atoms with van der Waals surface area (Å²) in [4.78, 5) is 12.8. The highest BCUT2D eigenvalue weighted by Gasteiger charge is 2.36. The number of halogens is 6. The van der Waals surface area contributed by atoms with Crippen molar-refractivity contribution in [2.45, 2.75) is 18.5 Å². The summed E-state index contributed by atoms with van der Waals surface area (Å²) in [5, 5.41) is 9.04. The van der Waals surface area contributed by atoms with Crippen LogP contribution in [0.5, 0.6) is 0 Å². The second kappa shape index (κ2) is 5.88. The molecule has 0 aromatic heterocycles. The van der Waals surface area contributed by atoms with Crippen molar-refractivity contribution in [3.8, 4) is 0 Å². The van der Waals surface area contributed by atoms with Gasteiger partial charge < -0.3 is 10.0 Å². The van der Waals surface area contributed by atoms with Crippen LogP contribution in [0.3, 0.4) is 0 Å². The van der Waals surface area contributed by atoms with Crippen LogP contribution in [0.15, 0.2) is 24.3 Å². The lowest BCUT2D eigenvalue weighted by Gasteiger charge is -2.34. The van der Waals surface area contributed by atoms with Gasteiger partial charge in [-0.2, -0.15) is 26.3 Å². The fourth-order valence-electron chi connectivity index (χ4n) is 1.98. The number of benzene rings is 1. The molecule has 1 aromatic rings. The molecule has 1 N–H and O–H groups in total. The minimum atomic E-state index is -4.94. The van der Waals surface area contributed by atoms with Gasteiger partial charge in [0.05, 0.1) is 17.2 Å². The van der Waals surface area contributed by atoms with Gasteiger partial charge in [-0.25, -0.2) is 0 Å². The van der Waals surface area contributed by atoms with Gasteiger partial charge in [0.15, 0.2) is 0 Å². The third-order valence-corrected chi connectivity index (χ3v) is 3.20. The summed E-state index contributed by atoms with van der Waals surface area (Å²) in [5.41, 5.74) is -3.28. The molecular weight excluding hydrogens is 328 g/mol. The van der Waals surface area contributed by atoms with Crippen molar-refractivity contribution in [3.05, 3.63) is 41.0 Å². The topological polar surface area (TPSA) is 40.5 Å². The molecule has 0 atom stereocenters. The van der Waals surface area contributed by atoms with E-state index in [9.17, 15) is 31.1 Å². The molecule has 9 heteroatoms. The molecule has 2 rings (SSSR count). The summed E-state index contributed by atoms with van der Waals surface area (Å²) in [7, 11) is 0. The summed E-state index contributed by atoms with van der Waals surface area (Å²) in [6.07, 6.45) is -8.76. The molecule has 3 nitrogen and oxygen atoms in total. The number of rotatable bonds is 2.